The Bertz CT molecular complexity index is 889. The number of carbonyl (C=O) groups is 4. The normalized spacial score (nSPS) is 10.4. The van der Waals surface area contributed by atoms with Gasteiger partial charge in [-0.2, -0.15) is 0 Å². The van der Waals surface area contributed by atoms with E-state index in [9.17, 15) is 19.2 Å². The summed E-state index contributed by atoms with van der Waals surface area (Å²) in [5.74, 6) is -2.37. The molecule has 0 bridgehead atoms. The van der Waals surface area contributed by atoms with E-state index in [1.807, 2.05) is 24.3 Å². The van der Waals surface area contributed by atoms with Gasteiger partial charge >= 0.3 is 11.9 Å². The first-order chi connectivity index (χ1) is 15.3. The number of benzene rings is 2. The molecule has 0 aliphatic rings. The molecule has 0 heterocycles. The second-order valence-corrected chi connectivity index (χ2v) is 8.96. The smallest absolute Gasteiger partial charge is 0.303 e. The summed E-state index contributed by atoms with van der Waals surface area (Å²) < 4.78 is 0. The fourth-order valence-electron chi connectivity index (χ4n) is 2.60. The second-order valence-electron chi connectivity index (χ2n) is 6.75. The van der Waals surface area contributed by atoms with Crippen molar-refractivity contribution in [1.29, 1.82) is 0 Å². The van der Waals surface area contributed by atoms with E-state index in [0.717, 1.165) is 9.79 Å². The van der Waals surface area contributed by atoms with Crippen molar-refractivity contribution in [1.82, 2.24) is 0 Å². The lowest BCUT2D eigenvalue weighted by molar-refractivity contribution is -0.138. The Morgan fingerprint density at radius 1 is 0.625 bits per heavy atom. The van der Waals surface area contributed by atoms with E-state index in [2.05, 4.69) is 10.6 Å². The van der Waals surface area contributed by atoms with E-state index in [1.165, 1.54) is 21.6 Å². The minimum Gasteiger partial charge on any atom is -0.481 e. The van der Waals surface area contributed by atoms with Gasteiger partial charge in [-0.15, -0.1) is 0 Å². The number of aliphatic carboxylic acids is 2. The molecule has 0 aromatic heterocycles. The van der Waals surface area contributed by atoms with E-state index in [0.29, 0.717) is 11.4 Å². The Morgan fingerprint density at radius 3 is 1.38 bits per heavy atom. The average molecular weight is 477 g/mol. The summed E-state index contributed by atoms with van der Waals surface area (Å²) in [5, 5.41) is 23.0. The van der Waals surface area contributed by atoms with Gasteiger partial charge in [-0.3, -0.25) is 19.2 Å². The third-order valence-electron chi connectivity index (χ3n) is 4.13. The Hall–Kier alpha value is -2.98. The summed E-state index contributed by atoms with van der Waals surface area (Å²) in [4.78, 5) is 47.1. The van der Waals surface area contributed by atoms with Crippen LogP contribution >= 0.6 is 21.6 Å². The van der Waals surface area contributed by atoms with Gasteiger partial charge in [-0.1, -0.05) is 45.9 Å². The second kappa shape index (κ2) is 13.4. The van der Waals surface area contributed by atoms with Crippen LogP contribution in [0.3, 0.4) is 0 Å². The molecule has 0 spiro atoms. The van der Waals surface area contributed by atoms with E-state index >= 15 is 0 Å². The summed E-state index contributed by atoms with van der Waals surface area (Å²) in [6, 6.07) is 14.6. The molecule has 2 rings (SSSR count). The zero-order chi connectivity index (χ0) is 23.3. The number of carboxylic acids is 2. The molecule has 0 fully saturated rings. The van der Waals surface area contributed by atoms with Crippen LogP contribution in [0.25, 0.3) is 0 Å². The number of carbonyl (C=O) groups excluding carboxylic acids is 2. The topological polar surface area (TPSA) is 133 Å². The van der Waals surface area contributed by atoms with Gasteiger partial charge in [0.2, 0.25) is 11.8 Å². The zero-order valence-electron chi connectivity index (χ0n) is 17.2. The summed E-state index contributed by atoms with van der Waals surface area (Å²) in [6.45, 7) is 0. The highest BCUT2D eigenvalue weighted by molar-refractivity contribution is 8.76. The molecule has 8 nitrogen and oxygen atoms in total. The molecule has 2 aromatic rings. The van der Waals surface area contributed by atoms with E-state index in [-0.39, 0.29) is 50.3 Å². The van der Waals surface area contributed by atoms with Crippen LogP contribution in [0.4, 0.5) is 11.4 Å². The number of anilines is 2. The molecular weight excluding hydrogens is 452 g/mol. The van der Waals surface area contributed by atoms with Crippen molar-refractivity contribution in [3.63, 3.8) is 0 Å². The van der Waals surface area contributed by atoms with Gasteiger partial charge in [0.15, 0.2) is 0 Å². The molecule has 170 valence electrons. The van der Waals surface area contributed by atoms with Crippen LogP contribution in [0, 0.1) is 0 Å². The van der Waals surface area contributed by atoms with Crippen molar-refractivity contribution in [2.24, 2.45) is 0 Å². The number of amides is 2. The standard InChI is InChI=1S/C22H24N2O6S2/c25-19(11-5-13-21(27)28)23-15-7-1-3-9-17(15)31-32-18-10-4-2-8-16(18)24-20(26)12-6-14-22(29)30/h1-4,7-10H,5-6,11-14H2,(H,23,25)(H,24,26)(H,27,28)(H,29,30). The minimum atomic E-state index is -0.933. The predicted molar refractivity (Wildman–Crippen MR) is 125 cm³/mol. The molecule has 0 radical (unpaired) electrons. The molecule has 2 aromatic carbocycles. The van der Waals surface area contributed by atoms with E-state index < -0.39 is 11.9 Å². The lowest BCUT2D eigenvalue weighted by atomic mass is 10.2. The maximum Gasteiger partial charge on any atom is 0.303 e. The van der Waals surface area contributed by atoms with Crippen LogP contribution in [0.2, 0.25) is 0 Å². The molecule has 0 saturated carbocycles. The SMILES string of the molecule is O=C(O)CCCC(=O)Nc1ccccc1SSc1ccccc1NC(=O)CCCC(=O)O. The number of hydrogen-bond donors (Lipinski definition) is 4. The van der Waals surface area contributed by atoms with E-state index in [4.69, 9.17) is 10.2 Å². The lowest BCUT2D eigenvalue weighted by Crippen LogP contribution is -2.12. The van der Waals surface area contributed by atoms with Crippen LogP contribution in [0.1, 0.15) is 38.5 Å². The first-order valence-electron chi connectivity index (χ1n) is 9.91. The Morgan fingerprint density at radius 2 is 1.00 bits per heavy atom. The molecule has 32 heavy (non-hydrogen) atoms. The van der Waals surface area contributed by atoms with Crippen molar-refractivity contribution < 1.29 is 29.4 Å². The number of hydrogen-bond acceptors (Lipinski definition) is 6. The molecular formula is C22H24N2O6S2. The highest BCUT2D eigenvalue weighted by atomic mass is 33.1. The first kappa shape index (κ1) is 25.3. The van der Waals surface area contributed by atoms with Gasteiger partial charge in [-0.25, -0.2) is 0 Å². The predicted octanol–water partition coefficient (Wildman–Crippen LogP) is 4.87. The van der Waals surface area contributed by atoms with Crippen molar-refractivity contribution in [3.8, 4) is 0 Å². The number of para-hydroxylation sites is 2. The summed E-state index contributed by atoms with van der Waals surface area (Å²) >= 11 is 0. The number of carboxylic acid groups (broad SMARTS) is 2. The minimum absolute atomic E-state index is 0.0571. The molecule has 0 unspecified atom stereocenters. The van der Waals surface area contributed by atoms with Gasteiger partial charge in [0.25, 0.3) is 0 Å². The monoisotopic (exact) mass is 476 g/mol. The number of rotatable bonds is 13. The van der Waals surface area contributed by atoms with Gasteiger partial charge in [-0.05, 0) is 37.1 Å². The maximum absolute atomic E-state index is 12.1. The fraction of sp³-hybridized carbons (Fsp3) is 0.273. The third-order valence-corrected chi connectivity index (χ3v) is 6.61. The Balaban J connectivity index is 1.96. The zero-order valence-corrected chi connectivity index (χ0v) is 18.8. The van der Waals surface area contributed by atoms with Gasteiger partial charge < -0.3 is 20.8 Å². The van der Waals surface area contributed by atoms with Crippen molar-refractivity contribution in [2.45, 2.75) is 48.3 Å². The first-order valence-corrected chi connectivity index (χ1v) is 12.1. The van der Waals surface area contributed by atoms with Crippen molar-refractivity contribution >= 4 is 56.7 Å². The quantitative estimate of drug-likeness (QED) is 0.301. The summed E-state index contributed by atoms with van der Waals surface area (Å²) in [6.07, 6.45) is 0.664. The average Bonchev–Trinajstić information content (AvgIpc) is 2.73. The van der Waals surface area contributed by atoms with Gasteiger partial charge in [0, 0.05) is 35.5 Å². The Kier molecular flexibility index (Phi) is 10.6. The molecule has 4 N–H and O–H groups in total. The molecule has 2 amide bonds. The highest BCUT2D eigenvalue weighted by Crippen LogP contribution is 2.43. The van der Waals surface area contributed by atoms with Gasteiger partial charge in [0.1, 0.15) is 0 Å². The molecule has 0 aliphatic heterocycles. The van der Waals surface area contributed by atoms with Crippen molar-refractivity contribution in [3.05, 3.63) is 48.5 Å². The van der Waals surface area contributed by atoms with Crippen molar-refractivity contribution in [2.75, 3.05) is 10.6 Å². The van der Waals surface area contributed by atoms with Crippen LogP contribution in [0.15, 0.2) is 58.3 Å². The molecule has 10 heteroatoms. The Labute approximate surface area is 193 Å². The fourth-order valence-corrected chi connectivity index (χ4v) is 4.88. The summed E-state index contributed by atoms with van der Waals surface area (Å²) in [7, 11) is 2.83. The van der Waals surface area contributed by atoms with Crippen LogP contribution in [0.5, 0.6) is 0 Å². The highest BCUT2D eigenvalue weighted by Gasteiger charge is 2.12. The molecule has 0 atom stereocenters. The largest absolute Gasteiger partial charge is 0.481 e. The van der Waals surface area contributed by atoms with Crippen LogP contribution in [-0.4, -0.2) is 34.0 Å². The van der Waals surface area contributed by atoms with Crippen LogP contribution in [-0.2, 0) is 19.2 Å². The molecule has 0 saturated heterocycles. The number of nitrogens with one attached hydrogen (secondary N) is 2. The van der Waals surface area contributed by atoms with E-state index in [1.54, 1.807) is 24.3 Å². The summed E-state index contributed by atoms with van der Waals surface area (Å²) in [5.41, 5.74) is 1.25. The van der Waals surface area contributed by atoms with Crippen LogP contribution < -0.4 is 10.6 Å². The lowest BCUT2D eigenvalue weighted by Gasteiger charge is -2.12. The maximum atomic E-state index is 12.1. The van der Waals surface area contributed by atoms with Gasteiger partial charge in [0.05, 0.1) is 11.4 Å². The molecule has 0 aliphatic carbocycles. The third kappa shape index (κ3) is 9.44.